The predicted octanol–water partition coefficient (Wildman–Crippen LogP) is 2.97. The van der Waals surface area contributed by atoms with Gasteiger partial charge in [-0.25, -0.2) is 0 Å². The first-order chi connectivity index (χ1) is 7.53. The summed E-state index contributed by atoms with van der Waals surface area (Å²) in [6, 6.07) is 4.67. The molecule has 0 bridgehead atoms. The van der Waals surface area contributed by atoms with E-state index in [0.29, 0.717) is 11.1 Å². The number of phenolic OH excluding ortho intramolecular Hbond substituents is 1. The molecule has 0 saturated heterocycles. The summed E-state index contributed by atoms with van der Waals surface area (Å²) in [5.74, 6) is 0.132. The number of phenols is 1. The Bertz CT molecular complexity index is 456. The van der Waals surface area contributed by atoms with Crippen LogP contribution in [0.2, 0.25) is 0 Å². The minimum absolute atomic E-state index is 0.132. The Labute approximate surface area is 101 Å². The first kappa shape index (κ1) is 14.2. The smallest absolute Gasteiger partial charge is 0.333 e. The summed E-state index contributed by atoms with van der Waals surface area (Å²) in [5.41, 5.74) is -0.247. The molecule has 1 unspecified atom stereocenters. The molecule has 0 saturated carbocycles. The quantitative estimate of drug-likeness (QED) is 0.713. The molecule has 1 rings (SSSR count). The summed E-state index contributed by atoms with van der Waals surface area (Å²) in [5, 5.41) is 9.44. The summed E-state index contributed by atoms with van der Waals surface area (Å²) in [4.78, 5) is 19.0. The average Bonchev–Trinajstić information content (AvgIpc) is 2.06. The van der Waals surface area contributed by atoms with E-state index in [0.717, 1.165) is 0 Å². The van der Waals surface area contributed by atoms with Crippen LogP contribution < -0.4 is 0 Å². The third-order valence-electron chi connectivity index (χ3n) is 2.69. The molecule has 0 aliphatic heterocycles. The molecule has 0 amide bonds. The van der Waals surface area contributed by atoms with Gasteiger partial charge in [-0.3, -0.25) is 4.57 Å². The molecule has 0 aliphatic rings. The van der Waals surface area contributed by atoms with Crippen LogP contribution in [-0.2, 0) is 4.57 Å². The van der Waals surface area contributed by atoms with Crippen LogP contribution in [0.1, 0.15) is 37.6 Å². The highest BCUT2D eigenvalue weighted by atomic mass is 31.2. The monoisotopic (exact) mass is 258 g/mol. The Kier molecular flexibility index (Phi) is 3.72. The van der Waals surface area contributed by atoms with E-state index in [9.17, 15) is 19.5 Å². The van der Waals surface area contributed by atoms with Gasteiger partial charge in [0.25, 0.3) is 0 Å². The molecule has 3 N–H and O–H groups in total. The zero-order valence-corrected chi connectivity index (χ0v) is 11.4. The van der Waals surface area contributed by atoms with Crippen molar-refractivity contribution in [2.24, 2.45) is 5.41 Å². The van der Waals surface area contributed by atoms with Gasteiger partial charge in [0.2, 0.25) is 0 Å². The molecule has 0 aromatic heterocycles. The van der Waals surface area contributed by atoms with Gasteiger partial charge in [0.05, 0.1) is 5.66 Å². The van der Waals surface area contributed by atoms with Gasteiger partial charge in [-0.05, 0) is 29.5 Å². The maximum Gasteiger partial charge on any atom is 0.333 e. The van der Waals surface area contributed by atoms with Crippen LogP contribution in [0.25, 0.3) is 0 Å². The Morgan fingerprint density at radius 1 is 1.24 bits per heavy atom. The highest BCUT2D eigenvalue weighted by Crippen LogP contribution is 2.60. The van der Waals surface area contributed by atoms with E-state index in [1.165, 1.54) is 6.07 Å². The Hall–Kier alpha value is -0.830. The van der Waals surface area contributed by atoms with E-state index in [1.807, 2.05) is 0 Å². The topological polar surface area (TPSA) is 77.8 Å². The molecule has 17 heavy (non-hydrogen) atoms. The van der Waals surface area contributed by atoms with Crippen LogP contribution in [0.3, 0.4) is 0 Å². The van der Waals surface area contributed by atoms with Gasteiger partial charge >= 0.3 is 7.60 Å². The number of aryl methyl sites for hydroxylation is 1. The second-order valence-corrected chi connectivity index (χ2v) is 7.10. The van der Waals surface area contributed by atoms with Gasteiger partial charge in [-0.2, -0.15) is 0 Å². The lowest BCUT2D eigenvalue weighted by molar-refractivity contribution is 0.297. The van der Waals surface area contributed by atoms with Crippen molar-refractivity contribution in [1.29, 1.82) is 0 Å². The van der Waals surface area contributed by atoms with Gasteiger partial charge in [0.15, 0.2) is 0 Å². The van der Waals surface area contributed by atoms with E-state index < -0.39 is 18.7 Å². The lowest BCUT2D eigenvalue weighted by atomic mass is 9.87. The van der Waals surface area contributed by atoms with E-state index in [4.69, 9.17) is 0 Å². The van der Waals surface area contributed by atoms with E-state index in [1.54, 1.807) is 39.8 Å². The molecular weight excluding hydrogens is 239 g/mol. The van der Waals surface area contributed by atoms with Gasteiger partial charge in [0, 0.05) is 0 Å². The lowest BCUT2D eigenvalue weighted by Gasteiger charge is -2.31. The maximum absolute atomic E-state index is 11.6. The van der Waals surface area contributed by atoms with Crippen molar-refractivity contribution >= 4 is 7.60 Å². The highest BCUT2D eigenvalue weighted by molar-refractivity contribution is 7.52. The fourth-order valence-corrected chi connectivity index (χ4v) is 3.61. The second kappa shape index (κ2) is 4.45. The van der Waals surface area contributed by atoms with Crippen molar-refractivity contribution in [1.82, 2.24) is 0 Å². The summed E-state index contributed by atoms with van der Waals surface area (Å²) in [6.45, 7) is 7.08. The van der Waals surface area contributed by atoms with Crippen LogP contribution in [0.5, 0.6) is 5.75 Å². The van der Waals surface area contributed by atoms with Gasteiger partial charge in [-0.15, -0.1) is 0 Å². The largest absolute Gasteiger partial charge is 0.508 e. The fourth-order valence-electron chi connectivity index (χ4n) is 2.05. The van der Waals surface area contributed by atoms with Crippen molar-refractivity contribution in [2.75, 3.05) is 0 Å². The van der Waals surface area contributed by atoms with Crippen LogP contribution >= 0.6 is 7.60 Å². The first-order valence-electron chi connectivity index (χ1n) is 5.38. The van der Waals surface area contributed by atoms with Gasteiger partial charge in [0.1, 0.15) is 5.75 Å². The van der Waals surface area contributed by atoms with Crippen LogP contribution in [-0.4, -0.2) is 14.9 Å². The van der Waals surface area contributed by atoms with Crippen LogP contribution in [0.4, 0.5) is 0 Å². The molecule has 1 aromatic rings. The van der Waals surface area contributed by atoms with Crippen LogP contribution in [0, 0.1) is 12.3 Å². The number of aromatic hydroxyl groups is 1. The molecule has 0 radical (unpaired) electrons. The minimum atomic E-state index is -4.24. The Morgan fingerprint density at radius 3 is 2.12 bits per heavy atom. The molecule has 0 spiro atoms. The lowest BCUT2D eigenvalue weighted by Crippen LogP contribution is -2.18. The van der Waals surface area contributed by atoms with Crippen molar-refractivity contribution < 1.29 is 19.5 Å². The first-order valence-corrected chi connectivity index (χ1v) is 7.06. The molecule has 1 atom stereocenters. The predicted molar refractivity (Wildman–Crippen MR) is 67.1 cm³/mol. The fraction of sp³-hybridized carbons (Fsp3) is 0.500. The van der Waals surface area contributed by atoms with Crippen LogP contribution in [0.15, 0.2) is 18.2 Å². The zero-order valence-electron chi connectivity index (χ0n) is 10.5. The molecule has 4 nitrogen and oxygen atoms in total. The third-order valence-corrected chi connectivity index (χ3v) is 4.44. The molecule has 96 valence electrons. The van der Waals surface area contributed by atoms with E-state index in [-0.39, 0.29) is 5.75 Å². The molecule has 5 heteroatoms. The Balaban J connectivity index is 3.34. The normalized spacial score (nSPS) is 14.7. The minimum Gasteiger partial charge on any atom is -0.508 e. The molecule has 1 aromatic carbocycles. The summed E-state index contributed by atoms with van der Waals surface area (Å²) < 4.78 is 11.6. The number of benzene rings is 1. The maximum atomic E-state index is 11.6. The van der Waals surface area contributed by atoms with Crippen molar-refractivity contribution in [3.8, 4) is 5.75 Å². The number of hydrogen-bond donors (Lipinski definition) is 3. The zero-order chi connectivity index (χ0) is 13.4. The van der Waals surface area contributed by atoms with Crippen molar-refractivity contribution in [2.45, 2.75) is 33.4 Å². The van der Waals surface area contributed by atoms with Gasteiger partial charge < -0.3 is 14.9 Å². The molecule has 0 fully saturated rings. The second-order valence-electron chi connectivity index (χ2n) is 5.40. The summed E-state index contributed by atoms with van der Waals surface area (Å²) >= 11 is 0. The van der Waals surface area contributed by atoms with Crippen molar-refractivity contribution in [3.63, 3.8) is 0 Å². The highest BCUT2D eigenvalue weighted by Gasteiger charge is 2.40. The van der Waals surface area contributed by atoms with E-state index >= 15 is 0 Å². The number of hydrogen-bond acceptors (Lipinski definition) is 2. The Morgan fingerprint density at radius 2 is 1.76 bits per heavy atom. The average molecular weight is 258 g/mol. The van der Waals surface area contributed by atoms with E-state index in [2.05, 4.69) is 0 Å². The summed E-state index contributed by atoms with van der Waals surface area (Å²) in [7, 11) is -4.24. The molecule has 0 aliphatic carbocycles. The molecule has 0 heterocycles. The SMILES string of the molecule is Cc1cc(C(C(C)(C)C)P(=O)(O)O)ccc1O. The number of rotatable bonds is 2. The van der Waals surface area contributed by atoms with Gasteiger partial charge in [-0.1, -0.05) is 32.9 Å². The summed E-state index contributed by atoms with van der Waals surface area (Å²) in [6.07, 6.45) is 0. The van der Waals surface area contributed by atoms with Crippen molar-refractivity contribution in [3.05, 3.63) is 29.3 Å². The standard InChI is InChI=1S/C12H19O4P/c1-8-7-9(5-6-10(8)13)11(12(2,3)4)17(14,15)16/h5-7,11,13H,1-4H3,(H2,14,15,16). The third kappa shape index (κ3) is 3.32. The molecular formula is C12H19O4P.